The van der Waals surface area contributed by atoms with E-state index >= 15 is 0 Å². The van der Waals surface area contributed by atoms with Gasteiger partial charge < -0.3 is 9.64 Å². The molecule has 0 amide bonds. The Morgan fingerprint density at radius 3 is 2.67 bits per heavy atom. The summed E-state index contributed by atoms with van der Waals surface area (Å²) in [7, 11) is 2.16. The molecule has 0 bridgehead atoms. The average molecular weight is 320 g/mol. The van der Waals surface area contributed by atoms with Crippen molar-refractivity contribution in [3.8, 4) is 11.8 Å². The van der Waals surface area contributed by atoms with Crippen LogP contribution in [0, 0.1) is 17.2 Å². The fourth-order valence-electron chi connectivity index (χ4n) is 2.99. The first-order valence-electron chi connectivity index (χ1n) is 8.64. The van der Waals surface area contributed by atoms with E-state index < -0.39 is 0 Å². The van der Waals surface area contributed by atoms with E-state index in [-0.39, 0.29) is 6.10 Å². The molecule has 1 unspecified atom stereocenters. The highest BCUT2D eigenvalue weighted by molar-refractivity contribution is 5.36. The van der Waals surface area contributed by atoms with Crippen molar-refractivity contribution < 1.29 is 4.74 Å². The van der Waals surface area contributed by atoms with Crippen molar-refractivity contribution in [2.24, 2.45) is 5.92 Å². The molecule has 1 aliphatic carbocycles. The van der Waals surface area contributed by atoms with Gasteiger partial charge in [0.2, 0.25) is 0 Å². The summed E-state index contributed by atoms with van der Waals surface area (Å²) in [5, 5.41) is 9.02. The van der Waals surface area contributed by atoms with E-state index in [1.54, 1.807) is 0 Å². The Balaban J connectivity index is 1.53. The Morgan fingerprint density at radius 2 is 1.96 bits per heavy atom. The second kappa shape index (κ2) is 7.99. The van der Waals surface area contributed by atoms with Gasteiger partial charge in [0.15, 0.2) is 0 Å². The van der Waals surface area contributed by atoms with Crippen LogP contribution in [0.4, 0.5) is 0 Å². The zero-order chi connectivity index (χ0) is 16.8. The molecule has 2 aromatic rings. The largest absolute Gasteiger partial charge is 0.490 e. The van der Waals surface area contributed by atoms with Crippen LogP contribution in [0.25, 0.3) is 0 Å². The Hall–Kier alpha value is -2.31. The first-order valence-corrected chi connectivity index (χ1v) is 8.64. The molecule has 3 heteroatoms. The zero-order valence-electron chi connectivity index (χ0n) is 14.2. The molecule has 24 heavy (non-hydrogen) atoms. The third-order valence-electron chi connectivity index (χ3n) is 4.49. The van der Waals surface area contributed by atoms with Crippen LogP contribution >= 0.6 is 0 Å². The van der Waals surface area contributed by atoms with Crippen LogP contribution in [0.15, 0.2) is 54.6 Å². The first kappa shape index (κ1) is 16.5. The lowest BCUT2D eigenvalue weighted by Crippen LogP contribution is -2.27. The van der Waals surface area contributed by atoms with Crippen molar-refractivity contribution in [2.75, 3.05) is 13.6 Å². The first-order chi connectivity index (χ1) is 11.7. The van der Waals surface area contributed by atoms with Crippen LogP contribution in [0.1, 0.15) is 30.4 Å². The summed E-state index contributed by atoms with van der Waals surface area (Å²) in [6, 6.07) is 20.2. The third-order valence-corrected chi connectivity index (χ3v) is 4.49. The highest BCUT2D eigenvalue weighted by Gasteiger charge is 2.32. The highest BCUT2D eigenvalue weighted by atomic mass is 16.5. The normalized spacial score (nSPS) is 15.0. The molecule has 124 valence electrons. The molecule has 0 aromatic heterocycles. The highest BCUT2D eigenvalue weighted by Crippen LogP contribution is 2.36. The summed E-state index contributed by atoms with van der Waals surface area (Å²) >= 11 is 0. The molecular formula is C21H24N2O. The maximum absolute atomic E-state index is 9.02. The monoisotopic (exact) mass is 320 g/mol. The van der Waals surface area contributed by atoms with E-state index in [1.165, 1.54) is 18.4 Å². The molecule has 1 saturated carbocycles. The van der Waals surface area contributed by atoms with Crippen LogP contribution in [0.3, 0.4) is 0 Å². The van der Waals surface area contributed by atoms with Crippen molar-refractivity contribution in [1.29, 1.82) is 5.26 Å². The molecule has 0 saturated heterocycles. The maximum atomic E-state index is 9.02. The van der Waals surface area contributed by atoms with E-state index in [4.69, 9.17) is 10.00 Å². The summed E-state index contributed by atoms with van der Waals surface area (Å²) < 4.78 is 6.20. The van der Waals surface area contributed by atoms with Crippen LogP contribution < -0.4 is 4.74 Å². The minimum absolute atomic E-state index is 0.247. The fourth-order valence-corrected chi connectivity index (χ4v) is 2.99. The Morgan fingerprint density at radius 1 is 1.17 bits per heavy atom. The van der Waals surface area contributed by atoms with Crippen molar-refractivity contribution in [3.63, 3.8) is 0 Å². The number of hydrogen-bond acceptors (Lipinski definition) is 3. The van der Waals surface area contributed by atoms with Crippen molar-refractivity contribution in [1.82, 2.24) is 4.90 Å². The number of hydrogen-bond donors (Lipinski definition) is 0. The van der Waals surface area contributed by atoms with E-state index in [0.717, 1.165) is 25.3 Å². The number of rotatable bonds is 8. The lowest BCUT2D eigenvalue weighted by molar-refractivity contribution is 0.149. The van der Waals surface area contributed by atoms with Crippen molar-refractivity contribution in [2.45, 2.75) is 31.9 Å². The van der Waals surface area contributed by atoms with Gasteiger partial charge in [-0.25, -0.2) is 0 Å². The summed E-state index contributed by atoms with van der Waals surface area (Å²) in [5.74, 6) is 1.48. The summed E-state index contributed by atoms with van der Waals surface area (Å²) in [4.78, 5) is 2.35. The van der Waals surface area contributed by atoms with Gasteiger partial charge in [-0.3, -0.25) is 0 Å². The van der Waals surface area contributed by atoms with E-state index in [9.17, 15) is 0 Å². The third kappa shape index (κ3) is 4.84. The van der Waals surface area contributed by atoms with Gasteiger partial charge in [0, 0.05) is 13.1 Å². The summed E-state index contributed by atoms with van der Waals surface area (Å²) in [6.07, 6.45) is 3.78. The molecule has 3 nitrogen and oxygen atoms in total. The molecule has 3 rings (SSSR count). The molecule has 0 spiro atoms. The Bertz CT molecular complexity index is 688. The van der Waals surface area contributed by atoms with Crippen LogP contribution in [-0.4, -0.2) is 24.6 Å². The lowest BCUT2D eigenvalue weighted by Gasteiger charge is -2.23. The molecule has 0 aliphatic heterocycles. The second-order valence-corrected chi connectivity index (χ2v) is 6.65. The van der Waals surface area contributed by atoms with E-state index in [1.807, 2.05) is 24.3 Å². The van der Waals surface area contributed by atoms with Gasteiger partial charge in [-0.1, -0.05) is 36.4 Å². The summed E-state index contributed by atoms with van der Waals surface area (Å²) in [5.41, 5.74) is 1.99. The number of nitriles is 1. The second-order valence-electron chi connectivity index (χ2n) is 6.65. The molecular weight excluding hydrogens is 296 g/mol. The molecule has 1 atom stereocenters. The van der Waals surface area contributed by atoms with Crippen molar-refractivity contribution in [3.05, 3.63) is 65.7 Å². The standard InChI is InChI=1S/C21H24N2O/c1-23(16-17-6-3-2-4-7-17)13-12-21(19-10-11-19)24-20-9-5-8-18(14-20)15-22/h2-9,14,19,21H,10-13,16H2,1H3. The van der Waals surface area contributed by atoms with Gasteiger partial charge in [0.25, 0.3) is 0 Å². The molecule has 1 aliphatic rings. The smallest absolute Gasteiger partial charge is 0.121 e. The Labute approximate surface area is 144 Å². The fraction of sp³-hybridized carbons (Fsp3) is 0.381. The number of ether oxygens (including phenoxy) is 1. The molecule has 2 aromatic carbocycles. The average Bonchev–Trinajstić information content (AvgIpc) is 3.44. The predicted molar refractivity (Wildman–Crippen MR) is 95.7 cm³/mol. The molecule has 1 fully saturated rings. The van der Waals surface area contributed by atoms with Crippen molar-refractivity contribution >= 4 is 0 Å². The van der Waals surface area contributed by atoms with E-state index in [2.05, 4.69) is 48.3 Å². The van der Waals surface area contributed by atoms with Gasteiger partial charge in [-0.15, -0.1) is 0 Å². The minimum Gasteiger partial charge on any atom is -0.490 e. The van der Waals surface area contributed by atoms with Crippen LogP contribution in [-0.2, 0) is 6.54 Å². The number of benzene rings is 2. The molecule has 0 heterocycles. The van der Waals surface area contributed by atoms with Crippen LogP contribution in [0.5, 0.6) is 5.75 Å². The molecule has 0 N–H and O–H groups in total. The molecule has 0 radical (unpaired) electrons. The van der Waals surface area contributed by atoms with Gasteiger partial charge in [-0.2, -0.15) is 5.26 Å². The van der Waals surface area contributed by atoms with Gasteiger partial charge in [0.1, 0.15) is 11.9 Å². The lowest BCUT2D eigenvalue weighted by atomic mass is 10.1. The van der Waals surface area contributed by atoms with Gasteiger partial charge in [-0.05, 0) is 56.0 Å². The number of nitrogens with zero attached hydrogens (tertiary/aromatic N) is 2. The Kier molecular flexibility index (Phi) is 5.51. The van der Waals surface area contributed by atoms with Gasteiger partial charge in [0.05, 0.1) is 11.6 Å². The van der Waals surface area contributed by atoms with E-state index in [0.29, 0.717) is 11.5 Å². The van der Waals surface area contributed by atoms with Crippen LogP contribution in [0.2, 0.25) is 0 Å². The topological polar surface area (TPSA) is 36.3 Å². The summed E-state index contributed by atoms with van der Waals surface area (Å²) in [6.45, 7) is 1.97. The predicted octanol–water partition coefficient (Wildman–Crippen LogP) is 4.24. The SMILES string of the molecule is CN(CCC(Oc1cccc(C#N)c1)C1CC1)Cc1ccccc1. The minimum atomic E-state index is 0.247. The maximum Gasteiger partial charge on any atom is 0.121 e. The van der Waals surface area contributed by atoms with Gasteiger partial charge >= 0.3 is 0 Å². The zero-order valence-corrected chi connectivity index (χ0v) is 14.2. The quantitative estimate of drug-likeness (QED) is 0.730.